The molecule has 1 aliphatic rings. The van der Waals surface area contributed by atoms with E-state index in [-0.39, 0.29) is 0 Å². The summed E-state index contributed by atoms with van der Waals surface area (Å²) in [5.41, 5.74) is 4.93. The number of rotatable bonds is 1. The quantitative estimate of drug-likeness (QED) is 0.431. The third-order valence-electron chi connectivity index (χ3n) is 4.31. The fraction of sp³-hybridized carbons (Fsp3) is 0. The number of nitrogens with one attached hydrogen (secondary N) is 1. The van der Waals surface area contributed by atoms with Crippen LogP contribution in [0.5, 0.6) is 0 Å². The van der Waals surface area contributed by atoms with Crippen molar-refractivity contribution in [2.24, 2.45) is 5.10 Å². The van der Waals surface area contributed by atoms with Gasteiger partial charge in [0.25, 0.3) is 0 Å². The Labute approximate surface area is 152 Å². The number of para-hydroxylation sites is 1. The number of halogens is 1. The van der Waals surface area contributed by atoms with Gasteiger partial charge in [0.05, 0.1) is 5.52 Å². The first-order valence-corrected chi connectivity index (χ1v) is 8.78. The highest BCUT2D eigenvalue weighted by Crippen LogP contribution is 2.32. The molecular formula is C20H13BrN4. The average Bonchev–Trinajstić information content (AvgIpc) is 2.90. The number of nitrogens with zero attached hydrogens (tertiary/aromatic N) is 3. The van der Waals surface area contributed by atoms with E-state index in [0.717, 1.165) is 43.7 Å². The zero-order valence-corrected chi connectivity index (χ0v) is 14.7. The Morgan fingerprint density at radius 3 is 2.48 bits per heavy atom. The Bertz CT molecular complexity index is 1130. The summed E-state index contributed by atoms with van der Waals surface area (Å²) in [5.74, 6) is 0.884. The predicted octanol–water partition coefficient (Wildman–Crippen LogP) is 5.16. The second-order valence-corrected chi connectivity index (χ2v) is 6.80. The van der Waals surface area contributed by atoms with Gasteiger partial charge < -0.3 is 5.32 Å². The van der Waals surface area contributed by atoms with Crippen LogP contribution in [-0.4, -0.2) is 15.6 Å². The molecule has 0 unspecified atom stereocenters. The lowest BCUT2D eigenvalue weighted by Crippen LogP contribution is -2.06. The molecule has 5 heteroatoms. The van der Waals surface area contributed by atoms with Crippen LogP contribution in [0.2, 0.25) is 0 Å². The van der Waals surface area contributed by atoms with E-state index in [1.807, 2.05) is 42.5 Å². The van der Waals surface area contributed by atoms with Crippen LogP contribution in [0.25, 0.3) is 10.9 Å². The molecule has 0 fully saturated rings. The van der Waals surface area contributed by atoms with E-state index in [1.54, 1.807) is 4.79 Å². The minimum atomic E-state index is 0.884. The monoisotopic (exact) mass is 388 g/mol. The first-order chi connectivity index (χ1) is 12.3. The Morgan fingerprint density at radius 1 is 0.840 bits per heavy atom. The van der Waals surface area contributed by atoms with E-state index >= 15 is 0 Å². The molecule has 1 N–H and O–H groups in total. The molecule has 1 aliphatic heterocycles. The van der Waals surface area contributed by atoms with Crippen LogP contribution in [0.15, 0.2) is 82.4 Å². The fourth-order valence-corrected chi connectivity index (χ4v) is 3.37. The van der Waals surface area contributed by atoms with Gasteiger partial charge in [0.15, 0.2) is 5.82 Å². The van der Waals surface area contributed by atoms with Crippen molar-refractivity contribution in [3.05, 3.63) is 88.4 Å². The van der Waals surface area contributed by atoms with Gasteiger partial charge in [0.1, 0.15) is 5.71 Å². The number of aromatic nitrogens is 2. The van der Waals surface area contributed by atoms with Gasteiger partial charge in [-0.1, -0.05) is 58.4 Å². The van der Waals surface area contributed by atoms with Crippen LogP contribution in [0.1, 0.15) is 11.1 Å². The SMILES string of the molecule is Brc1ccc(C2=Nn3nc4ccccc4c3Nc3ccccc32)cc1. The molecule has 4 nitrogen and oxygen atoms in total. The normalized spacial score (nSPS) is 12.8. The topological polar surface area (TPSA) is 42.2 Å². The van der Waals surface area contributed by atoms with Crippen molar-refractivity contribution in [1.82, 2.24) is 9.89 Å². The van der Waals surface area contributed by atoms with Crippen molar-refractivity contribution in [2.45, 2.75) is 0 Å². The summed E-state index contributed by atoms with van der Waals surface area (Å²) in [7, 11) is 0. The standard InChI is InChI=1S/C20H13BrN4/c21-14-11-9-13(10-12-14)19-15-5-1-3-7-17(15)22-20-16-6-2-4-8-18(16)23-25(20)24-19/h1-12,22H. The Balaban J connectivity index is 1.81. The molecule has 0 spiro atoms. The van der Waals surface area contributed by atoms with Gasteiger partial charge in [0, 0.05) is 26.7 Å². The van der Waals surface area contributed by atoms with E-state index in [4.69, 9.17) is 5.10 Å². The van der Waals surface area contributed by atoms with Crippen LogP contribution in [-0.2, 0) is 0 Å². The van der Waals surface area contributed by atoms with Crippen molar-refractivity contribution >= 4 is 44.0 Å². The molecule has 0 radical (unpaired) electrons. The van der Waals surface area contributed by atoms with E-state index in [9.17, 15) is 0 Å². The summed E-state index contributed by atoms with van der Waals surface area (Å²) >= 11 is 3.50. The summed E-state index contributed by atoms with van der Waals surface area (Å²) in [6.45, 7) is 0. The molecule has 3 aromatic carbocycles. The van der Waals surface area contributed by atoms with E-state index < -0.39 is 0 Å². The van der Waals surface area contributed by atoms with Gasteiger partial charge in [-0.2, -0.15) is 0 Å². The highest BCUT2D eigenvalue weighted by molar-refractivity contribution is 9.10. The van der Waals surface area contributed by atoms with Crippen LogP contribution in [0.3, 0.4) is 0 Å². The number of benzene rings is 3. The van der Waals surface area contributed by atoms with Gasteiger partial charge >= 0.3 is 0 Å². The second-order valence-electron chi connectivity index (χ2n) is 5.88. The molecule has 1 aromatic heterocycles. The zero-order chi connectivity index (χ0) is 16.8. The Morgan fingerprint density at radius 2 is 1.60 bits per heavy atom. The number of hydrogen-bond acceptors (Lipinski definition) is 3. The first-order valence-electron chi connectivity index (χ1n) is 7.99. The average molecular weight is 389 g/mol. The molecule has 0 saturated carbocycles. The van der Waals surface area contributed by atoms with Gasteiger partial charge in [-0.25, -0.2) is 0 Å². The van der Waals surface area contributed by atoms with Crippen molar-refractivity contribution < 1.29 is 0 Å². The highest BCUT2D eigenvalue weighted by atomic mass is 79.9. The molecule has 0 saturated heterocycles. The number of anilines is 2. The molecule has 0 atom stereocenters. The lowest BCUT2D eigenvalue weighted by molar-refractivity contribution is 0.764. The highest BCUT2D eigenvalue weighted by Gasteiger charge is 2.20. The maximum Gasteiger partial charge on any atom is 0.162 e. The van der Waals surface area contributed by atoms with Crippen molar-refractivity contribution in [3.63, 3.8) is 0 Å². The molecule has 0 amide bonds. The van der Waals surface area contributed by atoms with Crippen LogP contribution in [0, 0.1) is 0 Å². The molecule has 5 rings (SSSR count). The van der Waals surface area contributed by atoms with Crippen LogP contribution < -0.4 is 5.32 Å². The molecule has 4 aromatic rings. The van der Waals surface area contributed by atoms with Crippen LogP contribution >= 0.6 is 15.9 Å². The smallest absolute Gasteiger partial charge is 0.162 e. The zero-order valence-electron chi connectivity index (χ0n) is 13.1. The number of fused-ring (bicyclic) bond motifs is 4. The number of hydrogen-bond donors (Lipinski definition) is 1. The van der Waals surface area contributed by atoms with Gasteiger partial charge in [-0.15, -0.1) is 15.0 Å². The minimum Gasteiger partial charge on any atom is -0.338 e. The fourth-order valence-electron chi connectivity index (χ4n) is 3.11. The van der Waals surface area contributed by atoms with Gasteiger partial charge in [0.2, 0.25) is 0 Å². The lowest BCUT2D eigenvalue weighted by atomic mass is 10.0. The Kier molecular flexibility index (Phi) is 3.21. The first kappa shape index (κ1) is 14.4. The maximum absolute atomic E-state index is 4.86. The lowest BCUT2D eigenvalue weighted by Gasteiger charge is -2.09. The second kappa shape index (κ2) is 5.57. The molecule has 25 heavy (non-hydrogen) atoms. The van der Waals surface area contributed by atoms with E-state index in [2.05, 4.69) is 56.7 Å². The molecule has 120 valence electrons. The summed E-state index contributed by atoms with van der Waals surface area (Å²) in [4.78, 5) is 1.70. The maximum atomic E-state index is 4.86. The Hall–Kier alpha value is -2.92. The largest absolute Gasteiger partial charge is 0.338 e. The predicted molar refractivity (Wildman–Crippen MR) is 105 cm³/mol. The van der Waals surface area contributed by atoms with Crippen molar-refractivity contribution in [3.8, 4) is 0 Å². The van der Waals surface area contributed by atoms with E-state index in [0.29, 0.717) is 0 Å². The van der Waals surface area contributed by atoms with Gasteiger partial charge in [-0.05, 0) is 30.3 Å². The summed E-state index contributed by atoms with van der Waals surface area (Å²) in [6, 6.07) is 24.5. The van der Waals surface area contributed by atoms with Crippen molar-refractivity contribution in [1.29, 1.82) is 0 Å². The molecular weight excluding hydrogens is 376 g/mol. The molecule has 0 aliphatic carbocycles. The van der Waals surface area contributed by atoms with E-state index in [1.165, 1.54) is 0 Å². The summed E-state index contributed by atoms with van der Waals surface area (Å²) in [5, 5.41) is 14.1. The third-order valence-corrected chi connectivity index (χ3v) is 4.84. The van der Waals surface area contributed by atoms with Crippen LogP contribution in [0.4, 0.5) is 11.5 Å². The summed E-state index contributed by atoms with van der Waals surface area (Å²) in [6.07, 6.45) is 0. The molecule has 2 heterocycles. The molecule has 0 bridgehead atoms. The van der Waals surface area contributed by atoms with Gasteiger partial charge in [-0.3, -0.25) is 0 Å². The summed E-state index contributed by atoms with van der Waals surface area (Å²) < 4.78 is 1.04. The third kappa shape index (κ3) is 2.36. The minimum absolute atomic E-state index is 0.884. The van der Waals surface area contributed by atoms with Crippen molar-refractivity contribution in [2.75, 3.05) is 5.32 Å².